The van der Waals surface area contributed by atoms with Crippen molar-refractivity contribution in [3.05, 3.63) is 42.0 Å². The standard InChI is InChI=1S/C16H25N/c1-4-6-7-8-12-17-14(3)16-11-9-10-15(5-2)13-16/h9-11,13,17H,3-8,12H2,1-2H3. The molecule has 0 amide bonds. The van der Waals surface area contributed by atoms with Crippen molar-refractivity contribution in [3.8, 4) is 0 Å². The van der Waals surface area contributed by atoms with E-state index in [4.69, 9.17) is 0 Å². The highest BCUT2D eigenvalue weighted by molar-refractivity contribution is 5.62. The van der Waals surface area contributed by atoms with Crippen LogP contribution in [-0.2, 0) is 6.42 Å². The zero-order chi connectivity index (χ0) is 12.5. The van der Waals surface area contributed by atoms with E-state index in [0.717, 1.165) is 18.7 Å². The van der Waals surface area contributed by atoms with E-state index in [9.17, 15) is 0 Å². The molecule has 0 heterocycles. The summed E-state index contributed by atoms with van der Waals surface area (Å²) in [4.78, 5) is 0. The topological polar surface area (TPSA) is 12.0 Å². The van der Waals surface area contributed by atoms with Gasteiger partial charge in [0.25, 0.3) is 0 Å². The Morgan fingerprint density at radius 3 is 2.71 bits per heavy atom. The van der Waals surface area contributed by atoms with Crippen LogP contribution in [0.5, 0.6) is 0 Å². The van der Waals surface area contributed by atoms with Crippen LogP contribution in [0, 0.1) is 0 Å². The fourth-order valence-corrected chi connectivity index (χ4v) is 1.87. The SMILES string of the molecule is C=C(NCCCCCC)c1cccc(CC)c1. The molecule has 94 valence electrons. The molecule has 0 saturated carbocycles. The van der Waals surface area contributed by atoms with Crippen molar-refractivity contribution in [1.29, 1.82) is 0 Å². The van der Waals surface area contributed by atoms with E-state index in [1.165, 1.54) is 36.8 Å². The largest absolute Gasteiger partial charge is 0.385 e. The minimum absolute atomic E-state index is 1.04. The van der Waals surface area contributed by atoms with Crippen molar-refractivity contribution in [2.45, 2.75) is 46.0 Å². The Bertz CT molecular complexity index is 341. The van der Waals surface area contributed by atoms with Gasteiger partial charge in [0, 0.05) is 12.2 Å². The zero-order valence-electron chi connectivity index (χ0n) is 11.3. The normalized spacial score (nSPS) is 10.2. The number of rotatable bonds is 8. The lowest BCUT2D eigenvalue weighted by Crippen LogP contribution is -2.12. The van der Waals surface area contributed by atoms with Crippen molar-refractivity contribution in [3.63, 3.8) is 0 Å². The third-order valence-corrected chi connectivity index (χ3v) is 3.05. The molecule has 0 spiro atoms. The van der Waals surface area contributed by atoms with Crippen molar-refractivity contribution in [2.75, 3.05) is 6.54 Å². The lowest BCUT2D eigenvalue weighted by atomic mass is 10.1. The molecular weight excluding hydrogens is 206 g/mol. The van der Waals surface area contributed by atoms with E-state index < -0.39 is 0 Å². The summed E-state index contributed by atoms with van der Waals surface area (Å²) in [6.45, 7) is 9.56. The molecule has 17 heavy (non-hydrogen) atoms. The lowest BCUT2D eigenvalue weighted by molar-refractivity contribution is 0.650. The zero-order valence-corrected chi connectivity index (χ0v) is 11.3. The fraction of sp³-hybridized carbons (Fsp3) is 0.500. The first-order valence-electron chi connectivity index (χ1n) is 6.80. The molecule has 1 rings (SSSR count). The molecule has 0 aliphatic carbocycles. The van der Waals surface area contributed by atoms with Gasteiger partial charge in [-0.05, 0) is 30.0 Å². The smallest absolute Gasteiger partial charge is 0.0340 e. The average molecular weight is 231 g/mol. The third kappa shape index (κ3) is 5.08. The first-order chi connectivity index (χ1) is 8.27. The second kappa shape index (κ2) is 7.94. The molecule has 0 saturated heterocycles. The molecular formula is C16H25N. The number of hydrogen-bond acceptors (Lipinski definition) is 1. The maximum absolute atomic E-state index is 4.11. The van der Waals surface area contributed by atoms with Gasteiger partial charge in [0.15, 0.2) is 0 Å². The fourth-order valence-electron chi connectivity index (χ4n) is 1.87. The van der Waals surface area contributed by atoms with Crippen molar-refractivity contribution >= 4 is 5.70 Å². The van der Waals surface area contributed by atoms with Gasteiger partial charge in [-0.15, -0.1) is 0 Å². The van der Waals surface area contributed by atoms with Crippen molar-refractivity contribution in [1.82, 2.24) is 5.32 Å². The summed E-state index contributed by atoms with van der Waals surface area (Å²) in [5.41, 5.74) is 3.65. The van der Waals surface area contributed by atoms with Gasteiger partial charge in [-0.1, -0.05) is 57.9 Å². The molecule has 1 aromatic rings. The molecule has 0 aromatic heterocycles. The van der Waals surface area contributed by atoms with Gasteiger partial charge in [-0.2, -0.15) is 0 Å². The minimum Gasteiger partial charge on any atom is -0.385 e. The van der Waals surface area contributed by atoms with Crippen LogP contribution in [-0.4, -0.2) is 6.54 Å². The van der Waals surface area contributed by atoms with E-state index in [-0.39, 0.29) is 0 Å². The molecule has 0 bridgehead atoms. The summed E-state index contributed by atoms with van der Waals surface area (Å²) in [5.74, 6) is 0. The Kier molecular flexibility index (Phi) is 6.46. The predicted octanol–water partition coefficient (Wildman–Crippen LogP) is 4.39. The summed E-state index contributed by atoms with van der Waals surface area (Å²) in [6, 6.07) is 8.62. The number of unbranched alkanes of at least 4 members (excludes halogenated alkanes) is 3. The Balaban J connectivity index is 2.36. The van der Waals surface area contributed by atoms with Crippen LogP contribution in [0.15, 0.2) is 30.8 Å². The van der Waals surface area contributed by atoms with Crippen LogP contribution in [0.25, 0.3) is 5.70 Å². The second-order valence-corrected chi connectivity index (χ2v) is 4.52. The maximum Gasteiger partial charge on any atom is 0.0340 e. The number of benzene rings is 1. The highest BCUT2D eigenvalue weighted by atomic mass is 14.9. The van der Waals surface area contributed by atoms with E-state index in [2.05, 4.69) is 50.0 Å². The van der Waals surface area contributed by atoms with E-state index in [1.807, 2.05) is 0 Å². The molecule has 1 N–H and O–H groups in total. The molecule has 0 unspecified atom stereocenters. The van der Waals surface area contributed by atoms with Gasteiger partial charge in [-0.25, -0.2) is 0 Å². The first-order valence-corrected chi connectivity index (χ1v) is 6.80. The summed E-state index contributed by atoms with van der Waals surface area (Å²) in [6.07, 6.45) is 6.25. The highest BCUT2D eigenvalue weighted by Crippen LogP contribution is 2.12. The highest BCUT2D eigenvalue weighted by Gasteiger charge is 1.98. The lowest BCUT2D eigenvalue weighted by Gasteiger charge is -2.10. The van der Waals surface area contributed by atoms with Gasteiger partial charge in [0.2, 0.25) is 0 Å². The Hall–Kier alpha value is -1.24. The summed E-state index contributed by atoms with van der Waals surface area (Å²) in [5, 5.41) is 3.41. The van der Waals surface area contributed by atoms with Crippen LogP contribution in [0.1, 0.15) is 50.7 Å². The van der Waals surface area contributed by atoms with Crippen LogP contribution < -0.4 is 5.32 Å². The van der Waals surface area contributed by atoms with Crippen LogP contribution in [0.2, 0.25) is 0 Å². The van der Waals surface area contributed by atoms with Crippen molar-refractivity contribution < 1.29 is 0 Å². The molecule has 1 aromatic carbocycles. The van der Waals surface area contributed by atoms with E-state index in [1.54, 1.807) is 0 Å². The molecule has 0 radical (unpaired) electrons. The molecule has 0 fully saturated rings. The number of nitrogens with one attached hydrogen (secondary N) is 1. The van der Waals surface area contributed by atoms with Gasteiger partial charge in [0.1, 0.15) is 0 Å². The van der Waals surface area contributed by atoms with Gasteiger partial charge < -0.3 is 5.32 Å². The Labute approximate surface area is 106 Å². The molecule has 0 aliphatic heterocycles. The first kappa shape index (κ1) is 13.8. The summed E-state index contributed by atoms with van der Waals surface area (Å²) < 4.78 is 0. The van der Waals surface area contributed by atoms with E-state index >= 15 is 0 Å². The van der Waals surface area contributed by atoms with Crippen LogP contribution in [0.4, 0.5) is 0 Å². The molecule has 1 nitrogen and oxygen atoms in total. The van der Waals surface area contributed by atoms with E-state index in [0.29, 0.717) is 0 Å². The third-order valence-electron chi connectivity index (χ3n) is 3.05. The number of aryl methyl sites for hydroxylation is 1. The van der Waals surface area contributed by atoms with Gasteiger partial charge >= 0.3 is 0 Å². The number of hydrogen-bond donors (Lipinski definition) is 1. The summed E-state index contributed by atoms with van der Waals surface area (Å²) in [7, 11) is 0. The average Bonchev–Trinajstić information content (AvgIpc) is 2.38. The maximum atomic E-state index is 4.11. The monoisotopic (exact) mass is 231 g/mol. The van der Waals surface area contributed by atoms with Crippen molar-refractivity contribution in [2.24, 2.45) is 0 Å². The summed E-state index contributed by atoms with van der Waals surface area (Å²) >= 11 is 0. The molecule has 0 aliphatic rings. The molecule has 1 heteroatoms. The minimum atomic E-state index is 1.04. The quantitative estimate of drug-likeness (QED) is 0.654. The molecule has 0 atom stereocenters. The predicted molar refractivity (Wildman–Crippen MR) is 77.0 cm³/mol. The van der Waals surface area contributed by atoms with Crippen LogP contribution >= 0.6 is 0 Å². The second-order valence-electron chi connectivity index (χ2n) is 4.52. The van der Waals surface area contributed by atoms with Gasteiger partial charge in [0.05, 0.1) is 0 Å². The van der Waals surface area contributed by atoms with Crippen LogP contribution in [0.3, 0.4) is 0 Å². The Morgan fingerprint density at radius 1 is 1.18 bits per heavy atom. The Morgan fingerprint density at radius 2 is 2.00 bits per heavy atom. The van der Waals surface area contributed by atoms with Gasteiger partial charge in [-0.3, -0.25) is 0 Å².